The van der Waals surface area contributed by atoms with Crippen molar-refractivity contribution in [2.75, 3.05) is 25.6 Å². The smallest absolute Gasteiger partial charge is 0.436 e. The van der Waals surface area contributed by atoms with Crippen molar-refractivity contribution in [2.24, 2.45) is 0 Å². The Morgan fingerprint density at radius 3 is 2.15 bits per heavy atom. The van der Waals surface area contributed by atoms with Gasteiger partial charge in [0.2, 0.25) is 0 Å². The summed E-state index contributed by atoms with van der Waals surface area (Å²) in [6.45, 7) is 8.95. The average molecular weight is 205 g/mol. The van der Waals surface area contributed by atoms with Gasteiger partial charge in [-0.25, -0.2) is 4.79 Å². The van der Waals surface area contributed by atoms with Gasteiger partial charge in [0.05, 0.1) is 25.6 Å². The number of rotatable bonds is 6. The molecule has 0 radical (unpaired) electrons. The lowest BCUT2D eigenvalue weighted by atomic mass is 10.4. The van der Waals surface area contributed by atoms with Gasteiger partial charge >= 0.3 is 5.71 Å². The van der Waals surface area contributed by atoms with Crippen LogP contribution in [0.25, 0.3) is 0 Å². The van der Waals surface area contributed by atoms with Crippen molar-refractivity contribution >= 4 is 13.0 Å². The Morgan fingerprint density at radius 2 is 1.77 bits per heavy atom. The third-order valence-corrected chi connectivity index (χ3v) is 6.36. The summed E-state index contributed by atoms with van der Waals surface area (Å²) >= 11 is 0. The SMILES string of the molecule is CCCCOC(=O)[P+](C)(CC)CC. The Kier molecular flexibility index (Phi) is 6.32. The molecule has 3 heteroatoms. The van der Waals surface area contributed by atoms with Crippen LogP contribution in [0, 0.1) is 0 Å². The Labute approximate surface area is 82.4 Å². The number of unbranched alkanes of at least 4 members (excludes halogenated alkanes) is 1. The van der Waals surface area contributed by atoms with Crippen LogP contribution in [0.1, 0.15) is 33.6 Å². The minimum Gasteiger partial charge on any atom is -0.436 e. The minimum atomic E-state index is -1.42. The van der Waals surface area contributed by atoms with E-state index in [9.17, 15) is 4.79 Å². The first kappa shape index (κ1) is 12.9. The highest BCUT2D eigenvalue weighted by molar-refractivity contribution is 7.89. The fourth-order valence-corrected chi connectivity index (χ4v) is 2.31. The molecule has 0 unspecified atom stereocenters. The summed E-state index contributed by atoms with van der Waals surface area (Å²) in [5.41, 5.74) is 0.0750. The maximum atomic E-state index is 11.6. The third kappa shape index (κ3) is 4.08. The molecular formula is C10H22O2P+. The zero-order valence-electron chi connectivity index (χ0n) is 9.30. The predicted molar refractivity (Wildman–Crippen MR) is 60.2 cm³/mol. The largest absolute Gasteiger partial charge is 0.450 e. The molecule has 0 rings (SSSR count). The summed E-state index contributed by atoms with van der Waals surface area (Å²) in [4.78, 5) is 11.6. The second-order valence-corrected chi connectivity index (χ2v) is 7.92. The van der Waals surface area contributed by atoms with Gasteiger partial charge in [-0.1, -0.05) is 13.3 Å². The van der Waals surface area contributed by atoms with Crippen molar-refractivity contribution < 1.29 is 9.53 Å². The van der Waals surface area contributed by atoms with Crippen LogP contribution in [0.3, 0.4) is 0 Å². The zero-order chi connectivity index (χ0) is 10.3. The molecular weight excluding hydrogens is 183 g/mol. The van der Waals surface area contributed by atoms with E-state index in [1.165, 1.54) is 0 Å². The molecule has 0 N–H and O–H groups in total. The van der Waals surface area contributed by atoms with Crippen molar-refractivity contribution in [3.8, 4) is 0 Å². The molecule has 2 nitrogen and oxygen atoms in total. The first-order valence-corrected chi connectivity index (χ1v) is 7.73. The number of hydrogen-bond acceptors (Lipinski definition) is 2. The van der Waals surface area contributed by atoms with Gasteiger partial charge in [-0.3, -0.25) is 0 Å². The van der Waals surface area contributed by atoms with Crippen LogP contribution >= 0.6 is 7.26 Å². The molecule has 0 heterocycles. The van der Waals surface area contributed by atoms with Crippen molar-refractivity contribution in [1.29, 1.82) is 0 Å². The van der Waals surface area contributed by atoms with Gasteiger partial charge in [-0.05, 0) is 20.3 Å². The van der Waals surface area contributed by atoms with Gasteiger partial charge in [0.1, 0.15) is 7.26 Å². The summed E-state index contributed by atoms with van der Waals surface area (Å²) in [5, 5.41) is 0. The van der Waals surface area contributed by atoms with Gasteiger partial charge in [-0.2, -0.15) is 0 Å². The van der Waals surface area contributed by atoms with Crippen molar-refractivity contribution in [1.82, 2.24) is 0 Å². The highest BCUT2D eigenvalue weighted by Gasteiger charge is 2.39. The van der Waals surface area contributed by atoms with Gasteiger partial charge in [0.15, 0.2) is 0 Å². The fraction of sp³-hybridized carbons (Fsp3) is 0.900. The van der Waals surface area contributed by atoms with Gasteiger partial charge in [0.25, 0.3) is 0 Å². The van der Waals surface area contributed by atoms with Crippen LogP contribution in [0.15, 0.2) is 0 Å². The summed E-state index contributed by atoms with van der Waals surface area (Å²) in [5.74, 6) is 0. The molecule has 0 fully saturated rings. The standard InChI is InChI=1S/C10H22O2P/c1-5-8-9-12-10(11)13(4,6-2)7-3/h5-9H2,1-4H3/q+1. The van der Waals surface area contributed by atoms with E-state index in [1.807, 2.05) is 0 Å². The van der Waals surface area contributed by atoms with Gasteiger partial charge < -0.3 is 4.74 Å². The number of carbonyl (C=O) groups excluding carboxylic acids is 1. The Balaban J connectivity index is 3.92. The number of ether oxygens (including phenoxy) is 1. The second-order valence-electron chi connectivity index (χ2n) is 3.50. The molecule has 0 aromatic carbocycles. The molecule has 0 atom stereocenters. The second kappa shape index (κ2) is 6.37. The predicted octanol–water partition coefficient (Wildman–Crippen LogP) is 3.61. The zero-order valence-corrected chi connectivity index (χ0v) is 10.2. The number of carbonyl (C=O) groups is 1. The van der Waals surface area contributed by atoms with E-state index >= 15 is 0 Å². The maximum absolute atomic E-state index is 11.6. The third-order valence-electron chi connectivity index (χ3n) is 2.56. The topological polar surface area (TPSA) is 26.3 Å². The Bertz CT molecular complexity index is 153. The lowest BCUT2D eigenvalue weighted by Crippen LogP contribution is -2.12. The molecule has 0 aliphatic carbocycles. The molecule has 78 valence electrons. The van der Waals surface area contributed by atoms with E-state index in [0.717, 1.165) is 25.2 Å². The van der Waals surface area contributed by atoms with Crippen LogP contribution in [-0.2, 0) is 4.74 Å². The van der Waals surface area contributed by atoms with Crippen molar-refractivity contribution in [2.45, 2.75) is 33.6 Å². The molecule has 0 aliphatic rings. The molecule has 0 spiro atoms. The highest BCUT2D eigenvalue weighted by Crippen LogP contribution is 2.55. The van der Waals surface area contributed by atoms with Crippen LogP contribution in [0.4, 0.5) is 4.79 Å². The van der Waals surface area contributed by atoms with E-state index in [1.54, 1.807) is 0 Å². The lowest BCUT2D eigenvalue weighted by molar-refractivity contribution is 0.171. The molecule has 0 saturated heterocycles. The molecule has 0 aromatic heterocycles. The van der Waals surface area contributed by atoms with Gasteiger partial charge in [-0.15, -0.1) is 0 Å². The van der Waals surface area contributed by atoms with Crippen LogP contribution < -0.4 is 0 Å². The van der Waals surface area contributed by atoms with E-state index in [0.29, 0.717) is 6.61 Å². The van der Waals surface area contributed by atoms with E-state index in [-0.39, 0.29) is 5.71 Å². The van der Waals surface area contributed by atoms with Crippen LogP contribution in [0.5, 0.6) is 0 Å². The summed E-state index contributed by atoms with van der Waals surface area (Å²) in [7, 11) is -1.42. The first-order valence-electron chi connectivity index (χ1n) is 5.12. The van der Waals surface area contributed by atoms with E-state index < -0.39 is 7.26 Å². The van der Waals surface area contributed by atoms with Gasteiger partial charge in [0, 0.05) is 0 Å². The van der Waals surface area contributed by atoms with E-state index in [2.05, 4.69) is 27.4 Å². The lowest BCUT2D eigenvalue weighted by Gasteiger charge is -2.16. The Hall–Kier alpha value is -0.100. The molecule has 0 aliphatic heterocycles. The monoisotopic (exact) mass is 205 g/mol. The van der Waals surface area contributed by atoms with E-state index in [4.69, 9.17) is 4.74 Å². The molecule has 0 aromatic rings. The van der Waals surface area contributed by atoms with Crippen molar-refractivity contribution in [3.05, 3.63) is 0 Å². The molecule has 0 amide bonds. The van der Waals surface area contributed by atoms with Crippen LogP contribution in [0.2, 0.25) is 0 Å². The fourth-order valence-electron chi connectivity index (χ4n) is 0.941. The molecule has 0 saturated carbocycles. The summed E-state index contributed by atoms with van der Waals surface area (Å²) in [6.07, 6.45) is 4.00. The molecule has 0 bridgehead atoms. The number of hydrogen-bond donors (Lipinski definition) is 0. The Morgan fingerprint density at radius 1 is 1.23 bits per heavy atom. The quantitative estimate of drug-likeness (QED) is 0.489. The summed E-state index contributed by atoms with van der Waals surface area (Å²) in [6, 6.07) is 0. The normalized spacial score (nSPS) is 11.4. The summed E-state index contributed by atoms with van der Waals surface area (Å²) < 4.78 is 5.24. The van der Waals surface area contributed by atoms with Crippen molar-refractivity contribution in [3.63, 3.8) is 0 Å². The highest BCUT2D eigenvalue weighted by atomic mass is 31.2. The van der Waals surface area contributed by atoms with Crippen LogP contribution in [-0.4, -0.2) is 31.3 Å². The average Bonchev–Trinajstić information content (AvgIpc) is 2.17. The maximum Gasteiger partial charge on any atom is 0.450 e. The molecule has 13 heavy (non-hydrogen) atoms. The first-order chi connectivity index (χ1) is 6.10. The minimum absolute atomic E-state index is 0.0750.